The number of carbonyl (C=O) groups excluding carboxylic acids is 1. The van der Waals surface area contributed by atoms with E-state index in [0.717, 1.165) is 25.9 Å². The van der Waals surface area contributed by atoms with Crippen molar-refractivity contribution < 1.29 is 4.79 Å². The Balaban J connectivity index is 1.50. The molecule has 0 aromatic heterocycles. The van der Waals surface area contributed by atoms with E-state index >= 15 is 0 Å². The van der Waals surface area contributed by atoms with E-state index in [1.165, 1.54) is 45.3 Å². The molecule has 1 amide bonds. The van der Waals surface area contributed by atoms with Crippen molar-refractivity contribution in [2.75, 3.05) is 39.3 Å². The molecule has 3 aliphatic rings. The SMILES string of the molecule is NC[C@H]1CCC[C@H]1C(=O)N1CCC(CN2CCCC2)C1. The maximum Gasteiger partial charge on any atom is 0.226 e. The summed E-state index contributed by atoms with van der Waals surface area (Å²) < 4.78 is 0. The number of hydrogen-bond donors (Lipinski definition) is 1. The number of nitrogens with zero attached hydrogens (tertiary/aromatic N) is 2. The van der Waals surface area contributed by atoms with E-state index in [4.69, 9.17) is 5.73 Å². The molecule has 3 fully saturated rings. The van der Waals surface area contributed by atoms with Crippen LogP contribution < -0.4 is 5.73 Å². The number of likely N-dealkylation sites (tertiary alicyclic amines) is 2. The van der Waals surface area contributed by atoms with Crippen LogP contribution in [-0.2, 0) is 4.79 Å². The molecule has 4 nitrogen and oxygen atoms in total. The third kappa shape index (κ3) is 3.01. The third-order valence-electron chi connectivity index (χ3n) is 5.59. The van der Waals surface area contributed by atoms with Gasteiger partial charge in [-0.15, -0.1) is 0 Å². The Bertz CT molecular complexity index is 341. The van der Waals surface area contributed by atoms with Gasteiger partial charge in [-0.05, 0) is 63.6 Å². The van der Waals surface area contributed by atoms with Crippen LogP contribution in [0.25, 0.3) is 0 Å². The lowest BCUT2D eigenvalue weighted by Gasteiger charge is -2.25. The highest BCUT2D eigenvalue weighted by Gasteiger charge is 2.37. The van der Waals surface area contributed by atoms with Gasteiger partial charge in [0.2, 0.25) is 5.91 Å². The van der Waals surface area contributed by atoms with Crippen molar-refractivity contribution in [2.24, 2.45) is 23.5 Å². The normalized spacial score (nSPS) is 35.0. The van der Waals surface area contributed by atoms with Crippen molar-refractivity contribution in [1.29, 1.82) is 0 Å². The lowest BCUT2D eigenvalue weighted by Crippen LogP contribution is -2.38. The number of amides is 1. The molecule has 0 radical (unpaired) electrons. The molecule has 1 aliphatic carbocycles. The second-order valence-electron chi connectivity index (χ2n) is 6.98. The van der Waals surface area contributed by atoms with E-state index < -0.39 is 0 Å². The molecule has 114 valence electrons. The fraction of sp³-hybridized carbons (Fsp3) is 0.938. The van der Waals surface area contributed by atoms with Gasteiger partial charge in [0.05, 0.1) is 0 Å². The van der Waals surface area contributed by atoms with Crippen LogP contribution in [0.15, 0.2) is 0 Å². The first-order chi connectivity index (χ1) is 9.78. The molecular weight excluding hydrogens is 250 g/mol. The van der Waals surface area contributed by atoms with Gasteiger partial charge in [0.1, 0.15) is 0 Å². The summed E-state index contributed by atoms with van der Waals surface area (Å²) in [6.07, 6.45) is 7.31. The van der Waals surface area contributed by atoms with Gasteiger partial charge in [-0.25, -0.2) is 0 Å². The highest BCUT2D eigenvalue weighted by Crippen LogP contribution is 2.33. The van der Waals surface area contributed by atoms with Crippen LogP contribution in [0.3, 0.4) is 0 Å². The molecule has 20 heavy (non-hydrogen) atoms. The zero-order valence-electron chi connectivity index (χ0n) is 12.6. The summed E-state index contributed by atoms with van der Waals surface area (Å²) in [5, 5.41) is 0. The van der Waals surface area contributed by atoms with E-state index in [2.05, 4.69) is 9.80 Å². The minimum atomic E-state index is 0.227. The molecule has 3 atom stereocenters. The zero-order valence-corrected chi connectivity index (χ0v) is 12.6. The van der Waals surface area contributed by atoms with Crippen LogP contribution in [0.1, 0.15) is 38.5 Å². The van der Waals surface area contributed by atoms with Crippen LogP contribution in [0.5, 0.6) is 0 Å². The zero-order chi connectivity index (χ0) is 13.9. The van der Waals surface area contributed by atoms with Gasteiger partial charge < -0.3 is 15.5 Å². The van der Waals surface area contributed by atoms with Crippen molar-refractivity contribution in [3.05, 3.63) is 0 Å². The smallest absolute Gasteiger partial charge is 0.226 e. The highest BCUT2D eigenvalue weighted by atomic mass is 16.2. The largest absolute Gasteiger partial charge is 0.342 e. The van der Waals surface area contributed by atoms with Crippen LogP contribution in [0, 0.1) is 17.8 Å². The average molecular weight is 279 g/mol. The molecule has 0 bridgehead atoms. The number of carbonyl (C=O) groups is 1. The molecule has 2 heterocycles. The van der Waals surface area contributed by atoms with Crippen LogP contribution in [0.2, 0.25) is 0 Å². The van der Waals surface area contributed by atoms with Gasteiger partial charge in [-0.1, -0.05) is 6.42 Å². The Morgan fingerprint density at radius 3 is 2.60 bits per heavy atom. The van der Waals surface area contributed by atoms with Crippen LogP contribution in [-0.4, -0.2) is 55.0 Å². The Kier molecular flexibility index (Phi) is 4.61. The fourth-order valence-corrected chi connectivity index (χ4v) is 4.39. The van der Waals surface area contributed by atoms with E-state index in [1.807, 2.05) is 0 Å². The standard InChI is InChI=1S/C16H29N3O/c17-10-14-4-3-5-15(14)16(20)19-9-6-13(12-19)11-18-7-1-2-8-18/h13-15H,1-12,17H2/t13?,14-,15-/m1/s1. The number of rotatable bonds is 4. The minimum absolute atomic E-state index is 0.227. The number of hydrogen-bond acceptors (Lipinski definition) is 3. The summed E-state index contributed by atoms with van der Waals surface area (Å²) in [4.78, 5) is 17.4. The molecule has 1 saturated carbocycles. The molecule has 2 saturated heterocycles. The first kappa shape index (κ1) is 14.3. The maximum absolute atomic E-state index is 12.7. The Morgan fingerprint density at radius 2 is 1.85 bits per heavy atom. The lowest BCUT2D eigenvalue weighted by atomic mass is 9.95. The predicted octanol–water partition coefficient (Wildman–Crippen LogP) is 1.31. The topological polar surface area (TPSA) is 49.6 Å². The summed E-state index contributed by atoms with van der Waals surface area (Å²) in [5.74, 6) is 1.78. The van der Waals surface area contributed by atoms with Gasteiger partial charge in [0.15, 0.2) is 0 Å². The summed E-state index contributed by atoms with van der Waals surface area (Å²) in [6, 6.07) is 0. The Hall–Kier alpha value is -0.610. The summed E-state index contributed by atoms with van der Waals surface area (Å²) in [6.45, 7) is 6.38. The van der Waals surface area contributed by atoms with Crippen molar-refractivity contribution in [3.8, 4) is 0 Å². The molecular formula is C16H29N3O. The van der Waals surface area contributed by atoms with Crippen molar-refractivity contribution in [3.63, 3.8) is 0 Å². The Labute approximate surface area is 122 Å². The van der Waals surface area contributed by atoms with E-state index in [0.29, 0.717) is 24.3 Å². The van der Waals surface area contributed by atoms with Crippen LogP contribution >= 0.6 is 0 Å². The molecule has 2 N–H and O–H groups in total. The molecule has 1 unspecified atom stereocenters. The first-order valence-corrected chi connectivity index (χ1v) is 8.49. The minimum Gasteiger partial charge on any atom is -0.342 e. The third-order valence-corrected chi connectivity index (χ3v) is 5.59. The Morgan fingerprint density at radius 1 is 1.05 bits per heavy atom. The van der Waals surface area contributed by atoms with E-state index in [-0.39, 0.29) is 5.92 Å². The first-order valence-electron chi connectivity index (χ1n) is 8.49. The second-order valence-corrected chi connectivity index (χ2v) is 6.98. The van der Waals surface area contributed by atoms with Gasteiger partial charge in [-0.3, -0.25) is 4.79 Å². The highest BCUT2D eigenvalue weighted by molar-refractivity contribution is 5.79. The van der Waals surface area contributed by atoms with E-state index in [9.17, 15) is 4.79 Å². The second kappa shape index (κ2) is 6.44. The maximum atomic E-state index is 12.7. The molecule has 0 aromatic carbocycles. The summed E-state index contributed by atoms with van der Waals surface area (Å²) in [7, 11) is 0. The van der Waals surface area contributed by atoms with Gasteiger partial charge in [-0.2, -0.15) is 0 Å². The van der Waals surface area contributed by atoms with E-state index in [1.54, 1.807) is 0 Å². The lowest BCUT2D eigenvalue weighted by molar-refractivity contribution is -0.135. The van der Waals surface area contributed by atoms with Gasteiger partial charge in [0, 0.05) is 25.6 Å². The molecule has 2 aliphatic heterocycles. The summed E-state index contributed by atoms with van der Waals surface area (Å²) in [5.41, 5.74) is 5.82. The van der Waals surface area contributed by atoms with Gasteiger partial charge >= 0.3 is 0 Å². The average Bonchev–Trinajstić information content (AvgIpc) is 3.19. The predicted molar refractivity (Wildman–Crippen MR) is 80.2 cm³/mol. The van der Waals surface area contributed by atoms with Crippen LogP contribution in [0.4, 0.5) is 0 Å². The molecule has 0 aromatic rings. The van der Waals surface area contributed by atoms with Crippen molar-refractivity contribution in [1.82, 2.24) is 9.80 Å². The number of nitrogens with two attached hydrogens (primary N) is 1. The molecule has 4 heteroatoms. The molecule has 3 rings (SSSR count). The monoisotopic (exact) mass is 279 g/mol. The van der Waals surface area contributed by atoms with Crippen molar-refractivity contribution in [2.45, 2.75) is 38.5 Å². The van der Waals surface area contributed by atoms with Crippen molar-refractivity contribution >= 4 is 5.91 Å². The quantitative estimate of drug-likeness (QED) is 0.844. The van der Waals surface area contributed by atoms with Gasteiger partial charge in [0.25, 0.3) is 0 Å². The summed E-state index contributed by atoms with van der Waals surface area (Å²) >= 11 is 0. The molecule has 0 spiro atoms. The fourth-order valence-electron chi connectivity index (χ4n) is 4.39.